The molecule has 30 heavy (non-hydrogen) atoms. The zero-order valence-corrected chi connectivity index (χ0v) is 18.5. The van der Waals surface area contributed by atoms with Crippen LogP contribution in [0.5, 0.6) is 5.75 Å². The number of rotatable bonds is 6. The van der Waals surface area contributed by atoms with Crippen LogP contribution in [-0.2, 0) is 11.2 Å². The number of benzene rings is 2. The summed E-state index contributed by atoms with van der Waals surface area (Å²) < 4.78 is 9.99. The second-order valence-corrected chi connectivity index (χ2v) is 9.57. The van der Waals surface area contributed by atoms with Crippen LogP contribution in [0.25, 0.3) is 0 Å². The van der Waals surface area contributed by atoms with Gasteiger partial charge in [-0.1, -0.05) is 59.1 Å². The Labute approximate surface area is 190 Å². The highest BCUT2D eigenvalue weighted by molar-refractivity contribution is 6.52. The van der Waals surface area contributed by atoms with Crippen LogP contribution in [0.15, 0.2) is 42.5 Å². The van der Waals surface area contributed by atoms with Crippen LogP contribution >= 0.6 is 34.8 Å². The first-order valence-electron chi connectivity index (χ1n) is 9.78. The van der Waals surface area contributed by atoms with Gasteiger partial charge in [-0.3, -0.25) is 0 Å². The lowest BCUT2D eigenvalue weighted by molar-refractivity contribution is -0.186. The minimum absolute atomic E-state index is 0.461. The second-order valence-electron chi connectivity index (χ2n) is 7.77. The van der Waals surface area contributed by atoms with E-state index in [0.29, 0.717) is 23.6 Å². The number of aliphatic hydroxyl groups is 3. The zero-order valence-electron chi connectivity index (χ0n) is 16.3. The smallest absolute Gasteiger partial charge is 0.158 e. The van der Waals surface area contributed by atoms with E-state index in [1.807, 2.05) is 37.3 Å². The standard InChI is InChI=1S/C22H23Cl3O5/c1-2-29-15-6-3-12(4-7-15)9-14-10-13(5-8-16(14)23)19-17(27)18(28)20-21(11-26,30-19)22(20,24)25/h3-8,10,17-20,26-28H,2,9,11H2,1H3/t17-,18-,19+,20+,21-/m1/s1. The van der Waals surface area contributed by atoms with E-state index in [2.05, 4.69) is 0 Å². The Bertz CT molecular complexity index is 919. The molecule has 5 nitrogen and oxygen atoms in total. The molecule has 1 aliphatic heterocycles. The van der Waals surface area contributed by atoms with Crippen molar-refractivity contribution in [1.29, 1.82) is 0 Å². The molecular weight excluding hydrogens is 451 g/mol. The molecule has 2 aromatic carbocycles. The maximum Gasteiger partial charge on any atom is 0.158 e. The summed E-state index contributed by atoms with van der Waals surface area (Å²) in [7, 11) is 0. The number of fused-ring (bicyclic) bond motifs is 1. The lowest BCUT2D eigenvalue weighted by Crippen LogP contribution is -2.46. The van der Waals surface area contributed by atoms with E-state index in [0.717, 1.165) is 16.9 Å². The van der Waals surface area contributed by atoms with Crippen molar-refractivity contribution in [2.24, 2.45) is 5.92 Å². The van der Waals surface area contributed by atoms with Crippen LogP contribution in [0.1, 0.15) is 29.7 Å². The van der Waals surface area contributed by atoms with E-state index < -0.39 is 40.8 Å². The Balaban J connectivity index is 1.60. The third kappa shape index (κ3) is 3.51. The predicted molar refractivity (Wildman–Crippen MR) is 115 cm³/mol. The molecule has 0 aromatic heterocycles. The van der Waals surface area contributed by atoms with Crippen molar-refractivity contribution in [3.63, 3.8) is 0 Å². The Hall–Kier alpha value is -1.05. The van der Waals surface area contributed by atoms with Gasteiger partial charge in [0.15, 0.2) is 4.33 Å². The van der Waals surface area contributed by atoms with Gasteiger partial charge in [0, 0.05) is 5.02 Å². The maximum atomic E-state index is 10.6. The van der Waals surface area contributed by atoms with Crippen molar-refractivity contribution >= 4 is 34.8 Å². The first-order valence-corrected chi connectivity index (χ1v) is 10.9. The van der Waals surface area contributed by atoms with Gasteiger partial charge in [-0.2, -0.15) is 0 Å². The Morgan fingerprint density at radius 2 is 1.77 bits per heavy atom. The predicted octanol–water partition coefficient (Wildman–Crippen LogP) is 3.66. The van der Waals surface area contributed by atoms with Gasteiger partial charge in [-0.25, -0.2) is 0 Å². The summed E-state index contributed by atoms with van der Waals surface area (Å²) >= 11 is 18.9. The monoisotopic (exact) mass is 472 g/mol. The molecule has 1 saturated heterocycles. The molecular formula is C22H23Cl3O5. The molecule has 0 radical (unpaired) electrons. The molecule has 0 amide bonds. The summed E-state index contributed by atoms with van der Waals surface area (Å²) in [4.78, 5) is 0. The molecule has 162 valence electrons. The summed E-state index contributed by atoms with van der Waals surface area (Å²) in [5.74, 6) is 0.0351. The molecule has 1 saturated carbocycles. The van der Waals surface area contributed by atoms with Crippen LogP contribution in [0.4, 0.5) is 0 Å². The lowest BCUT2D eigenvalue weighted by Gasteiger charge is -2.36. The normalized spacial score (nSPS) is 31.8. The molecule has 8 heteroatoms. The molecule has 0 bridgehead atoms. The lowest BCUT2D eigenvalue weighted by atomic mass is 9.91. The Kier molecular flexibility index (Phi) is 6.01. The third-order valence-electron chi connectivity index (χ3n) is 5.97. The van der Waals surface area contributed by atoms with Gasteiger partial charge in [0.1, 0.15) is 23.6 Å². The molecule has 0 unspecified atom stereocenters. The van der Waals surface area contributed by atoms with Gasteiger partial charge in [-0.15, -0.1) is 0 Å². The van der Waals surface area contributed by atoms with Crippen LogP contribution in [-0.4, -0.2) is 50.7 Å². The number of halogens is 3. The van der Waals surface area contributed by atoms with Crippen molar-refractivity contribution in [2.45, 2.75) is 41.6 Å². The van der Waals surface area contributed by atoms with Crippen molar-refractivity contribution in [3.8, 4) is 5.75 Å². The summed E-state index contributed by atoms with van der Waals surface area (Å²) in [5.41, 5.74) is 1.18. The maximum absolute atomic E-state index is 10.6. The number of alkyl halides is 2. The molecule has 1 heterocycles. The highest BCUT2D eigenvalue weighted by Crippen LogP contribution is 2.69. The molecule has 2 fully saturated rings. The largest absolute Gasteiger partial charge is 0.494 e. The summed E-state index contributed by atoms with van der Waals surface area (Å²) in [5, 5.41) is 31.6. The van der Waals surface area contributed by atoms with E-state index in [4.69, 9.17) is 44.3 Å². The van der Waals surface area contributed by atoms with Crippen molar-refractivity contribution in [2.75, 3.05) is 13.2 Å². The van der Waals surface area contributed by atoms with Gasteiger partial charge < -0.3 is 24.8 Å². The number of aliphatic hydroxyl groups excluding tert-OH is 3. The van der Waals surface area contributed by atoms with E-state index in [1.165, 1.54) is 0 Å². The number of ether oxygens (including phenoxy) is 2. The SMILES string of the molecule is CCOc1ccc(Cc2cc([C@@H]3O[C@]4(CO)[C@H]([C@H](O)[C@H]3O)C4(Cl)Cl)ccc2Cl)cc1. The van der Waals surface area contributed by atoms with Crippen LogP contribution < -0.4 is 4.74 Å². The number of hydrogen-bond donors (Lipinski definition) is 3. The van der Waals surface area contributed by atoms with Gasteiger partial charge >= 0.3 is 0 Å². The Morgan fingerprint density at radius 1 is 1.07 bits per heavy atom. The number of hydrogen-bond acceptors (Lipinski definition) is 5. The first-order chi connectivity index (χ1) is 14.2. The highest BCUT2D eigenvalue weighted by atomic mass is 35.5. The Morgan fingerprint density at radius 3 is 2.40 bits per heavy atom. The zero-order chi connectivity index (χ0) is 21.7. The van der Waals surface area contributed by atoms with Gasteiger partial charge in [-0.05, 0) is 48.2 Å². The van der Waals surface area contributed by atoms with Crippen LogP contribution in [0.2, 0.25) is 5.02 Å². The van der Waals surface area contributed by atoms with Crippen LogP contribution in [0.3, 0.4) is 0 Å². The topological polar surface area (TPSA) is 79.2 Å². The van der Waals surface area contributed by atoms with Gasteiger partial charge in [0.05, 0.1) is 25.2 Å². The van der Waals surface area contributed by atoms with Crippen molar-refractivity contribution in [1.82, 2.24) is 0 Å². The highest BCUT2D eigenvalue weighted by Gasteiger charge is 2.83. The molecule has 1 aliphatic carbocycles. The molecule has 3 N–H and O–H groups in total. The summed E-state index contributed by atoms with van der Waals surface area (Å²) in [6.07, 6.45) is -2.81. The fraction of sp³-hybridized carbons (Fsp3) is 0.455. The van der Waals surface area contributed by atoms with E-state index in [9.17, 15) is 15.3 Å². The summed E-state index contributed by atoms with van der Waals surface area (Å²) in [6.45, 7) is 2.07. The molecule has 2 aromatic rings. The average molecular weight is 474 g/mol. The first kappa shape index (κ1) is 22.2. The minimum Gasteiger partial charge on any atom is -0.494 e. The average Bonchev–Trinajstić information content (AvgIpc) is 3.23. The third-order valence-corrected chi connectivity index (χ3v) is 7.45. The van der Waals surface area contributed by atoms with Crippen molar-refractivity contribution < 1.29 is 24.8 Å². The van der Waals surface area contributed by atoms with E-state index in [-0.39, 0.29) is 0 Å². The fourth-order valence-electron chi connectivity index (χ4n) is 4.28. The van der Waals surface area contributed by atoms with Crippen molar-refractivity contribution in [3.05, 3.63) is 64.2 Å². The second kappa shape index (κ2) is 8.14. The van der Waals surface area contributed by atoms with E-state index in [1.54, 1.807) is 12.1 Å². The fourth-order valence-corrected chi connectivity index (χ4v) is 5.41. The molecule has 2 aliphatic rings. The van der Waals surface area contributed by atoms with E-state index >= 15 is 0 Å². The molecule has 5 atom stereocenters. The quantitative estimate of drug-likeness (QED) is 0.558. The molecule has 0 spiro atoms. The van der Waals surface area contributed by atoms with Crippen LogP contribution in [0, 0.1) is 5.92 Å². The summed E-state index contributed by atoms with van der Waals surface area (Å²) in [6, 6.07) is 13.0. The molecule has 4 rings (SSSR count). The minimum atomic E-state index is -1.46. The van der Waals surface area contributed by atoms with Gasteiger partial charge in [0.25, 0.3) is 0 Å². The van der Waals surface area contributed by atoms with Gasteiger partial charge in [0.2, 0.25) is 0 Å².